The summed E-state index contributed by atoms with van der Waals surface area (Å²) in [6, 6.07) is 10.2. The Labute approximate surface area is 142 Å². The zero-order chi connectivity index (χ0) is 17.7. The molecule has 7 heteroatoms. The Balaban J connectivity index is 2.10. The molecule has 1 aromatic heterocycles. The molecular formula is C17H22N2O4S. The van der Waals surface area contributed by atoms with Crippen molar-refractivity contribution in [2.45, 2.75) is 31.0 Å². The van der Waals surface area contributed by atoms with Gasteiger partial charge in [-0.15, -0.1) is 0 Å². The van der Waals surface area contributed by atoms with Crippen molar-refractivity contribution in [2.75, 3.05) is 18.1 Å². The van der Waals surface area contributed by atoms with Crippen LogP contribution in [0.5, 0.6) is 5.75 Å². The number of hydrogen-bond donors (Lipinski definition) is 2. The number of anilines is 1. The van der Waals surface area contributed by atoms with Crippen molar-refractivity contribution in [1.82, 2.24) is 4.98 Å². The van der Waals surface area contributed by atoms with E-state index < -0.39 is 15.9 Å². The van der Waals surface area contributed by atoms with E-state index in [4.69, 9.17) is 4.74 Å². The maximum absolute atomic E-state index is 11.8. The van der Waals surface area contributed by atoms with Crippen LogP contribution in [0.15, 0.2) is 47.5 Å². The minimum Gasteiger partial charge on any atom is -0.491 e. The van der Waals surface area contributed by atoms with Crippen LogP contribution in [0.4, 0.5) is 5.82 Å². The Morgan fingerprint density at radius 3 is 2.67 bits per heavy atom. The highest BCUT2D eigenvalue weighted by Gasteiger charge is 2.15. The summed E-state index contributed by atoms with van der Waals surface area (Å²) in [5.74, 6) is 0.907. The summed E-state index contributed by atoms with van der Waals surface area (Å²) in [5.41, 5.74) is 0.678. The number of hydrogen-bond acceptors (Lipinski definition) is 6. The zero-order valence-corrected chi connectivity index (χ0v) is 14.7. The van der Waals surface area contributed by atoms with Crippen LogP contribution < -0.4 is 10.1 Å². The number of benzene rings is 1. The predicted octanol–water partition coefficient (Wildman–Crippen LogP) is 2.42. The van der Waals surface area contributed by atoms with Gasteiger partial charge in [0.1, 0.15) is 16.5 Å². The molecule has 2 N–H and O–H groups in total. The first-order chi connectivity index (χ1) is 11.3. The maximum Gasteiger partial charge on any atom is 0.179 e. The van der Waals surface area contributed by atoms with Gasteiger partial charge in [-0.1, -0.05) is 12.1 Å². The lowest BCUT2D eigenvalue weighted by Gasteiger charge is -2.16. The van der Waals surface area contributed by atoms with Gasteiger partial charge in [0.15, 0.2) is 9.84 Å². The third-order valence-electron chi connectivity index (χ3n) is 3.25. The molecule has 0 bridgehead atoms. The van der Waals surface area contributed by atoms with Gasteiger partial charge in [0, 0.05) is 19.0 Å². The van der Waals surface area contributed by atoms with E-state index in [0.29, 0.717) is 11.3 Å². The van der Waals surface area contributed by atoms with Crippen LogP contribution in [0.3, 0.4) is 0 Å². The van der Waals surface area contributed by atoms with Gasteiger partial charge in [0.25, 0.3) is 0 Å². The van der Waals surface area contributed by atoms with Crippen LogP contribution in [-0.4, -0.2) is 37.4 Å². The van der Waals surface area contributed by atoms with E-state index in [-0.39, 0.29) is 23.4 Å². The van der Waals surface area contributed by atoms with E-state index in [9.17, 15) is 13.5 Å². The number of aliphatic hydroxyl groups is 1. The molecule has 0 aliphatic carbocycles. The first-order valence-electron chi connectivity index (χ1n) is 7.61. The van der Waals surface area contributed by atoms with Crippen molar-refractivity contribution < 1.29 is 18.3 Å². The molecule has 24 heavy (non-hydrogen) atoms. The van der Waals surface area contributed by atoms with E-state index in [1.54, 1.807) is 24.3 Å². The van der Waals surface area contributed by atoms with Gasteiger partial charge in [0.2, 0.25) is 0 Å². The Morgan fingerprint density at radius 2 is 2.00 bits per heavy atom. The quantitative estimate of drug-likeness (QED) is 0.797. The fraction of sp³-hybridized carbons (Fsp3) is 0.353. The van der Waals surface area contributed by atoms with Gasteiger partial charge in [-0.05, 0) is 43.7 Å². The molecule has 1 aromatic carbocycles. The summed E-state index contributed by atoms with van der Waals surface area (Å²) in [7, 11) is -3.39. The van der Waals surface area contributed by atoms with Crippen LogP contribution >= 0.6 is 0 Å². The van der Waals surface area contributed by atoms with Gasteiger partial charge < -0.3 is 15.2 Å². The number of aromatic nitrogens is 1. The van der Waals surface area contributed by atoms with E-state index in [1.165, 1.54) is 12.3 Å². The Hall–Kier alpha value is -2.12. The molecule has 0 aliphatic heterocycles. The standard InChI is InChI=1S/C17H22N2O4S/c1-12(2)23-14-7-4-6-13(10-14)15(20)11-19-17-16(24(3,21)22)8-5-9-18-17/h4-10,12,15,20H,11H2,1-3H3,(H,18,19). The minimum atomic E-state index is -3.39. The number of nitrogens with zero attached hydrogens (tertiary/aromatic N) is 1. The number of ether oxygens (including phenoxy) is 1. The lowest BCUT2D eigenvalue weighted by molar-refractivity contribution is 0.189. The normalized spacial score (nSPS) is 12.9. The summed E-state index contributed by atoms with van der Waals surface area (Å²) in [5, 5.41) is 13.2. The molecule has 1 atom stereocenters. The molecule has 0 saturated carbocycles. The highest BCUT2D eigenvalue weighted by atomic mass is 32.2. The molecule has 0 spiro atoms. The van der Waals surface area contributed by atoms with Crippen molar-refractivity contribution in [1.29, 1.82) is 0 Å². The Morgan fingerprint density at radius 1 is 1.25 bits per heavy atom. The smallest absolute Gasteiger partial charge is 0.179 e. The van der Waals surface area contributed by atoms with Gasteiger partial charge in [-0.2, -0.15) is 0 Å². The summed E-state index contributed by atoms with van der Waals surface area (Å²) < 4.78 is 29.1. The van der Waals surface area contributed by atoms with Crippen LogP contribution in [0.2, 0.25) is 0 Å². The fourth-order valence-corrected chi connectivity index (χ4v) is 3.00. The second-order valence-electron chi connectivity index (χ2n) is 5.76. The molecule has 130 valence electrons. The second-order valence-corrected chi connectivity index (χ2v) is 7.74. The summed E-state index contributed by atoms with van der Waals surface area (Å²) >= 11 is 0. The summed E-state index contributed by atoms with van der Waals surface area (Å²) in [4.78, 5) is 4.15. The van der Waals surface area contributed by atoms with Gasteiger partial charge in [-0.25, -0.2) is 13.4 Å². The van der Waals surface area contributed by atoms with E-state index in [0.717, 1.165) is 6.26 Å². The molecule has 0 radical (unpaired) electrons. The van der Waals surface area contributed by atoms with Gasteiger partial charge in [-0.3, -0.25) is 0 Å². The Bertz CT molecular complexity index is 791. The lowest BCUT2D eigenvalue weighted by Crippen LogP contribution is -2.15. The number of nitrogens with one attached hydrogen (secondary N) is 1. The number of rotatable bonds is 7. The third-order valence-corrected chi connectivity index (χ3v) is 4.38. The maximum atomic E-state index is 11.8. The molecule has 1 unspecified atom stereocenters. The number of aliphatic hydroxyl groups excluding tert-OH is 1. The predicted molar refractivity (Wildman–Crippen MR) is 93.0 cm³/mol. The molecule has 0 saturated heterocycles. The van der Waals surface area contributed by atoms with E-state index in [1.807, 2.05) is 19.9 Å². The van der Waals surface area contributed by atoms with Crippen molar-refractivity contribution in [2.24, 2.45) is 0 Å². The van der Waals surface area contributed by atoms with Crippen molar-refractivity contribution in [3.63, 3.8) is 0 Å². The number of pyridine rings is 1. The first-order valence-corrected chi connectivity index (χ1v) is 9.50. The van der Waals surface area contributed by atoms with Crippen LogP contribution in [0.25, 0.3) is 0 Å². The van der Waals surface area contributed by atoms with Crippen molar-refractivity contribution in [3.8, 4) is 5.75 Å². The molecule has 2 rings (SSSR count). The zero-order valence-electron chi connectivity index (χ0n) is 13.9. The molecule has 0 aliphatic rings. The van der Waals surface area contributed by atoms with Crippen LogP contribution in [0, 0.1) is 0 Å². The average Bonchev–Trinajstić information content (AvgIpc) is 2.51. The summed E-state index contributed by atoms with van der Waals surface area (Å²) in [6.07, 6.45) is 1.84. The lowest BCUT2D eigenvalue weighted by atomic mass is 10.1. The Kier molecular flexibility index (Phi) is 5.80. The second kappa shape index (κ2) is 7.63. The molecular weight excluding hydrogens is 328 g/mol. The van der Waals surface area contributed by atoms with Crippen molar-refractivity contribution >= 4 is 15.7 Å². The number of sulfone groups is 1. The fourth-order valence-electron chi connectivity index (χ4n) is 2.20. The third kappa shape index (κ3) is 4.94. The molecule has 6 nitrogen and oxygen atoms in total. The molecule has 0 amide bonds. The van der Waals surface area contributed by atoms with Crippen LogP contribution in [0.1, 0.15) is 25.5 Å². The molecule has 0 fully saturated rings. The van der Waals surface area contributed by atoms with Crippen LogP contribution in [-0.2, 0) is 9.84 Å². The van der Waals surface area contributed by atoms with Gasteiger partial charge in [0.05, 0.1) is 12.2 Å². The van der Waals surface area contributed by atoms with E-state index in [2.05, 4.69) is 10.3 Å². The molecule has 2 aromatic rings. The van der Waals surface area contributed by atoms with Gasteiger partial charge >= 0.3 is 0 Å². The van der Waals surface area contributed by atoms with Crippen molar-refractivity contribution in [3.05, 3.63) is 48.2 Å². The SMILES string of the molecule is CC(C)Oc1cccc(C(O)CNc2ncccc2S(C)(=O)=O)c1. The topological polar surface area (TPSA) is 88.5 Å². The molecule has 1 heterocycles. The average molecular weight is 350 g/mol. The first kappa shape index (κ1) is 18.2. The minimum absolute atomic E-state index is 0.0429. The monoisotopic (exact) mass is 350 g/mol. The highest BCUT2D eigenvalue weighted by molar-refractivity contribution is 7.90. The summed E-state index contributed by atoms with van der Waals surface area (Å²) in [6.45, 7) is 3.99. The largest absolute Gasteiger partial charge is 0.491 e. The highest BCUT2D eigenvalue weighted by Crippen LogP contribution is 2.22. The van der Waals surface area contributed by atoms with E-state index >= 15 is 0 Å².